The molecule has 0 aliphatic carbocycles. The molecule has 0 atom stereocenters. The van der Waals surface area contributed by atoms with Crippen LogP contribution in [0.3, 0.4) is 0 Å². The molecule has 0 fully saturated rings. The normalized spacial score (nSPS) is 11.1. The summed E-state index contributed by atoms with van der Waals surface area (Å²) in [6, 6.07) is 0. The molecule has 4 heteroatoms. The Balaban J connectivity index is 2.93. The molecule has 4 nitrogen and oxygen atoms in total. The Kier molecular flexibility index (Phi) is 6.78. The Morgan fingerprint density at radius 3 is 2.47 bits per heavy atom. The first-order valence-corrected chi connectivity index (χ1v) is 7.29. The van der Waals surface area contributed by atoms with Crippen LogP contribution in [-0.2, 0) is 11.3 Å². The third kappa shape index (κ3) is 4.78. The summed E-state index contributed by atoms with van der Waals surface area (Å²) >= 11 is 0. The zero-order chi connectivity index (χ0) is 14.3. The summed E-state index contributed by atoms with van der Waals surface area (Å²) in [5.74, 6) is 2.17. The van der Waals surface area contributed by atoms with E-state index in [1.807, 2.05) is 0 Å². The van der Waals surface area contributed by atoms with E-state index in [1.165, 1.54) is 5.56 Å². The van der Waals surface area contributed by atoms with E-state index in [2.05, 4.69) is 49.9 Å². The third-order valence-electron chi connectivity index (χ3n) is 2.88. The number of ether oxygens (including phenoxy) is 1. The minimum Gasteiger partial charge on any atom is -0.373 e. The van der Waals surface area contributed by atoms with E-state index >= 15 is 0 Å². The Hall–Kier alpha value is -1.16. The molecule has 0 spiro atoms. The van der Waals surface area contributed by atoms with Crippen molar-refractivity contribution in [3.63, 3.8) is 0 Å². The Bertz CT molecular complexity index is 391. The van der Waals surface area contributed by atoms with E-state index < -0.39 is 0 Å². The highest BCUT2D eigenvalue weighted by atomic mass is 16.5. The van der Waals surface area contributed by atoms with Crippen molar-refractivity contribution < 1.29 is 4.74 Å². The first-order chi connectivity index (χ1) is 9.10. The number of hydrogen-bond acceptors (Lipinski definition) is 4. The van der Waals surface area contributed by atoms with Gasteiger partial charge in [0.25, 0.3) is 0 Å². The van der Waals surface area contributed by atoms with E-state index in [1.54, 1.807) is 0 Å². The molecule has 0 bridgehead atoms. The van der Waals surface area contributed by atoms with Crippen molar-refractivity contribution in [3.05, 3.63) is 17.1 Å². The lowest BCUT2D eigenvalue weighted by atomic mass is 10.0. The molecule has 0 radical (unpaired) electrons. The maximum absolute atomic E-state index is 5.53. The quantitative estimate of drug-likeness (QED) is 0.729. The van der Waals surface area contributed by atoms with Crippen LogP contribution in [0.5, 0.6) is 0 Å². The predicted octanol–water partition coefficient (Wildman–Crippen LogP) is 3.66. The molecule has 0 aliphatic rings. The lowest BCUT2D eigenvalue weighted by molar-refractivity contribution is 0.116. The lowest BCUT2D eigenvalue weighted by Crippen LogP contribution is -2.12. The molecule has 0 aliphatic heterocycles. The molecule has 0 amide bonds. The fourth-order valence-electron chi connectivity index (χ4n) is 2.08. The summed E-state index contributed by atoms with van der Waals surface area (Å²) in [5.41, 5.74) is 2.27. The number of nitrogens with one attached hydrogen (secondary N) is 1. The van der Waals surface area contributed by atoms with Gasteiger partial charge < -0.3 is 10.1 Å². The molecular formula is C15H27N3O. The fourth-order valence-corrected chi connectivity index (χ4v) is 2.08. The maximum Gasteiger partial charge on any atom is 0.156 e. The number of anilines is 1. The van der Waals surface area contributed by atoms with Crippen LogP contribution < -0.4 is 5.32 Å². The average Bonchev–Trinajstić information content (AvgIpc) is 2.35. The summed E-state index contributed by atoms with van der Waals surface area (Å²) in [6.45, 7) is 12.8. The van der Waals surface area contributed by atoms with Crippen molar-refractivity contribution in [3.8, 4) is 0 Å². The van der Waals surface area contributed by atoms with E-state index in [0.29, 0.717) is 12.5 Å². The maximum atomic E-state index is 5.53. The number of nitrogens with zero attached hydrogens (tertiary/aromatic N) is 2. The van der Waals surface area contributed by atoms with Gasteiger partial charge in [-0.25, -0.2) is 9.97 Å². The van der Waals surface area contributed by atoms with Crippen molar-refractivity contribution in [1.82, 2.24) is 9.97 Å². The largest absolute Gasteiger partial charge is 0.373 e. The molecule has 1 heterocycles. The van der Waals surface area contributed by atoms with Gasteiger partial charge in [-0.2, -0.15) is 0 Å². The van der Waals surface area contributed by atoms with Gasteiger partial charge in [0.15, 0.2) is 5.82 Å². The summed E-state index contributed by atoms with van der Waals surface area (Å²) in [6.07, 6.45) is 2.10. The number of hydrogen-bond donors (Lipinski definition) is 1. The number of aryl methyl sites for hydroxylation is 1. The Morgan fingerprint density at radius 1 is 1.16 bits per heavy atom. The van der Waals surface area contributed by atoms with Crippen LogP contribution in [0.15, 0.2) is 0 Å². The molecule has 1 aromatic rings. The minimum atomic E-state index is 0.421. The minimum absolute atomic E-state index is 0.421. The van der Waals surface area contributed by atoms with Crippen molar-refractivity contribution in [2.24, 2.45) is 0 Å². The van der Waals surface area contributed by atoms with Crippen molar-refractivity contribution in [1.29, 1.82) is 0 Å². The molecule has 0 saturated carbocycles. The SMILES string of the molecule is CCCNc1nc(COCCC)nc(C)c1C(C)C. The van der Waals surface area contributed by atoms with Crippen molar-refractivity contribution in [2.75, 3.05) is 18.5 Å². The van der Waals surface area contributed by atoms with Gasteiger partial charge in [-0.15, -0.1) is 0 Å². The molecule has 1 N–H and O–H groups in total. The molecule has 0 saturated heterocycles. The van der Waals surface area contributed by atoms with Crippen LogP contribution in [0, 0.1) is 6.92 Å². The summed E-state index contributed by atoms with van der Waals surface area (Å²) in [7, 11) is 0. The molecule has 0 aromatic carbocycles. The smallest absolute Gasteiger partial charge is 0.156 e. The zero-order valence-electron chi connectivity index (χ0n) is 12.9. The zero-order valence-corrected chi connectivity index (χ0v) is 12.9. The molecule has 19 heavy (non-hydrogen) atoms. The van der Waals surface area contributed by atoms with Gasteiger partial charge in [0, 0.05) is 24.4 Å². The number of aromatic nitrogens is 2. The van der Waals surface area contributed by atoms with Gasteiger partial charge in [-0.1, -0.05) is 27.7 Å². The highest BCUT2D eigenvalue weighted by molar-refractivity contribution is 5.48. The standard InChI is InChI=1S/C15H27N3O/c1-6-8-16-15-14(11(3)4)12(5)17-13(18-15)10-19-9-7-2/h11H,6-10H2,1-5H3,(H,16,17,18). The summed E-state index contributed by atoms with van der Waals surface area (Å²) in [4.78, 5) is 9.18. The van der Waals surface area contributed by atoms with E-state index in [4.69, 9.17) is 4.74 Å². The van der Waals surface area contributed by atoms with Gasteiger partial charge in [0.2, 0.25) is 0 Å². The molecule has 1 aromatic heterocycles. The van der Waals surface area contributed by atoms with E-state index in [-0.39, 0.29) is 0 Å². The monoisotopic (exact) mass is 265 g/mol. The molecular weight excluding hydrogens is 238 g/mol. The average molecular weight is 265 g/mol. The molecule has 0 unspecified atom stereocenters. The second kappa shape index (κ2) is 8.10. The van der Waals surface area contributed by atoms with Crippen molar-refractivity contribution in [2.45, 2.75) is 60.0 Å². The third-order valence-corrected chi connectivity index (χ3v) is 2.88. The van der Waals surface area contributed by atoms with Gasteiger partial charge in [-0.05, 0) is 25.7 Å². The second-order valence-electron chi connectivity index (χ2n) is 5.12. The highest BCUT2D eigenvalue weighted by Gasteiger charge is 2.14. The molecule has 1 rings (SSSR count). The van der Waals surface area contributed by atoms with Crippen LogP contribution >= 0.6 is 0 Å². The summed E-state index contributed by atoms with van der Waals surface area (Å²) < 4.78 is 5.53. The lowest BCUT2D eigenvalue weighted by Gasteiger charge is -2.17. The highest BCUT2D eigenvalue weighted by Crippen LogP contribution is 2.25. The van der Waals surface area contributed by atoms with Crippen LogP contribution in [0.2, 0.25) is 0 Å². The first-order valence-electron chi connectivity index (χ1n) is 7.29. The number of rotatable bonds is 8. The molecule has 108 valence electrons. The van der Waals surface area contributed by atoms with Gasteiger partial charge in [-0.3, -0.25) is 0 Å². The topological polar surface area (TPSA) is 47.0 Å². The first kappa shape index (κ1) is 15.9. The Morgan fingerprint density at radius 2 is 1.89 bits per heavy atom. The second-order valence-corrected chi connectivity index (χ2v) is 5.12. The van der Waals surface area contributed by atoms with Crippen LogP contribution in [0.1, 0.15) is 63.5 Å². The predicted molar refractivity (Wildman–Crippen MR) is 79.6 cm³/mol. The van der Waals surface area contributed by atoms with E-state index in [9.17, 15) is 0 Å². The summed E-state index contributed by atoms with van der Waals surface area (Å²) in [5, 5.41) is 3.41. The Labute approximate surface area is 117 Å². The van der Waals surface area contributed by atoms with Crippen LogP contribution in [0.25, 0.3) is 0 Å². The van der Waals surface area contributed by atoms with Crippen LogP contribution in [0.4, 0.5) is 5.82 Å². The van der Waals surface area contributed by atoms with Gasteiger partial charge >= 0.3 is 0 Å². The van der Waals surface area contributed by atoms with E-state index in [0.717, 1.165) is 43.3 Å². The van der Waals surface area contributed by atoms with Gasteiger partial charge in [0.1, 0.15) is 12.4 Å². The fraction of sp³-hybridized carbons (Fsp3) is 0.733. The van der Waals surface area contributed by atoms with Crippen molar-refractivity contribution >= 4 is 5.82 Å². The van der Waals surface area contributed by atoms with Crippen LogP contribution in [-0.4, -0.2) is 23.1 Å². The van der Waals surface area contributed by atoms with Gasteiger partial charge in [0.05, 0.1) is 0 Å².